The number of Topliss-reactive ketones (excluding diaryl/α,β-unsaturated/α-hetero) is 1. The van der Waals surface area contributed by atoms with Crippen LogP contribution in [0.15, 0.2) is 12.1 Å². The highest BCUT2D eigenvalue weighted by Crippen LogP contribution is 2.61. The minimum absolute atomic E-state index is 0.0258. The fraction of sp³-hybridized carbons (Fsp3) is 0.692. The smallest absolute Gasteiger partial charge is 0.220 e. The van der Waals surface area contributed by atoms with Crippen molar-refractivity contribution in [1.82, 2.24) is 5.32 Å². The Balaban J connectivity index is 1.54. The number of aromatic hydroxyl groups is 1. The van der Waals surface area contributed by atoms with E-state index in [1.54, 1.807) is 0 Å². The largest absolute Gasteiger partial charge is 0.508 e. The van der Waals surface area contributed by atoms with E-state index < -0.39 is 0 Å². The fourth-order valence-corrected chi connectivity index (χ4v) is 6.67. The van der Waals surface area contributed by atoms with Crippen molar-refractivity contribution in [2.24, 2.45) is 29.1 Å². The van der Waals surface area contributed by atoms with E-state index in [1.165, 1.54) is 11.1 Å². The summed E-state index contributed by atoms with van der Waals surface area (Å²) in [5.74, 6) is 2.45. The highest BCUT2D eigenvalue weighted by Gasteiger charge is 2.58. The van der Waals surface area contributed by atoms with Crippen LogP contribution in [0.2, 0.25) is 0 Å². The second-order valence-electron chi connectivity index (χ2n) is 10.6. The van der Waals surface area contributed by atoms with Crippen LogP contribution in [0, 0.1) is 29.1 Å². The molecule has 164 valence electrons. The lowest BCUT2D eigenvalue weighted by Gasteiger charge is -2.48. The zero-order chi connectivity index (χ0) is 21.6. The predicted octanol–water partition coefficient (Wildman–Crippen LogP) is 4.77. The van der Waals surface area contributed by atoms with Crippen LogP contribution in [0.25, 0.3) is 0 Å². The Labute approximate surface area is 180 Å². The van der Waals surface area contributed by atoms with Crippen LogP contribution in [-0.2, 0) is 22.4 Å². The molecule has 1 amide bonds. The molecule has 0 saturated heterocycles. The summed E-state index contributed by atoms with van der Waals surface area (Å²) in [6.07, 6.45) is 6.07. The summed E-state index contributed by atoms with van der Waals surface area (Å²) in [5, 5.41) is 13.3. The van der Waals surface area contributed by atoms with Gasteiger partial charge in [0, 0.05) is 24.3 Å². The summed E-state index contributed by atoms with van der Waals surface area (Å²) in [5.41, 5.74) is 3.47. The van der Waals surface area contributed by atoms with Crippen molar-refractivity contribution in [3.05, 3.63) is 28.8 Å². The van der Waals surface area contributed by atoms with Gasteiger partial charge in [-0.3, -0.25) is 9.59 Å². The molecular formula is C26H37NO3. The van der Waals surface area contributed by atoms with Crippen molar-refractivity contribution in [1.29, 1.82) is 0 Å². The predicted molar refractivity (Wildman–Crippen MR) is 118 cm³/mol. The van der Waals surface area contributed by atoms with Gasteiger partial charge in [0.05, 0.1) is 0 Å². The number of carbonyl (C=O) groups is 2. The van der Waals surface area contributed by atoms with E-state index in [-0.39, 0.29) is 17.2 Å². The van der Waals surface area contributed by atoms with E-state index in [1.807, 2.05) is 6.07 Å². The summed E-state index contributed by atoms with van der Waals surface area (Å²) < 4.78 is 0. The van der Waals surface area contributed by atoms with Gasteiger partial charge in [-0.1, -0.05) is 33.8 Å². The molecular weight excluding hydrogens is 374 g/mol. The van der Waals surface area contributed by atoms with Crippen LogP contribution in [0.5, 0.6) is 5.75 Å². The van der Waals surface area contributed by atoms with Gasteiger partial charge in [-0.05, 0) is 85.0 Å². The molecule has 4 nitrogen and oxygen atoms in total. The number of phenolic OH excluding ortho intramolecular Hbond substituents is 1. The van der Waals surface area contributed by atoms with Crippen molar-refractivity contribution in [2.75, 3.05) is 6.54 Å². The molecule has 0 radical (unpaired) electrons. The third-order valence-electron chi connectivity index (χ3n) is 8.31. The number of aryl methyl sites for hydroxylation is 2. The van der Waals surface area contributed by atoms with Gasteiger partial charge in [0.25, 0.3) is 0 Å². The van der Waals surface area contributed by atoms with Crippen LogP contribution in [0.4, 0.5) is 0 Å². The number of nitrogens with one attached hydrogen (secondary N) is 1. The molecule has 3 aliphatic carbocycles. The number of phenols is 1. The van der Waals surface area contributed by atoms with E-state index >= 15 is 0 Å². The van der Waals surface area contributed by atoms with Crippen LogP contribution in [0.1, 0.15) is 82.4 Å². The van der Waals surface area contributed by atoms with E-state index in [2.05, 4.69) is 39.1 Å². The first-order valence-electron chi connectivity index (χ1n) is 11.9. The molecule has 0 unspecified atom stereocenters. The molecule has 0 spiro atoms. The first-order valence-corrected chi connectivity index (χ1v) is 11.9. The molecule has 0 aliphatic heterocycles. The van der Waals surface area contributed by atoms with Gasteiger partial charge in [0.1, 0.15) is 11.5 Å². The van der Waals surface area contributed by atoms with Gasteiger partial charge < -0.3 is 10.4 Å². The lowest BCUT2D eigenvalue weighted by atomic mass is 9.55. The summed E-state index contributed by atoms with van der Waals surface area (Å²) in [7, 11) is 0. The Kier molecular flexibility index (Phi) is 5.71. The molecule has 1 aromatic rings. The number of amides is 1. The summed E-state index contributed by atoms with van der Waals surface area (Å²) in [6, 6.07) is 4.22. The zero-order valence-electron chi connectivity index (χ0n) is 19.0. The van der Waals surface area contributed by atoms with Crippen LogP contribution in [0.3, 0.4) is 0 Å². The molecule has 0 bridgehead atoms. The van der Waals surface area contributed by atoms with Crippen molar-refractivity contribution in [3.8, 4) is 5.75 Å². The van der Waals surface area contributed by atoms with E-state index in [9.17, 15) is 14.7 Å². The number of carbonyl (C=O) groups excluding carboxylic acids is 2. The molecule has 4 heteroatoms. The summed E-state index contributed by atoms with van der Waals surface area (Å²) >= 11 is 0. The number of rotatable bonds is 5. The first kappa shape index (κ1) is 21.4. The van der Waals surface area contributed by atoms with E-state index in [4.69, 9.17) is 0 Å². The molecule has 2 saturated carbocycles. The van der Waals surface area contributed by atoms with Crippen molar-refractivity contribution < 1.29 is 14.7 Å². The molecule has 0 aromatic heterocycles. The summed E-state index contributed by atoms with van der Waals surface area (Å²) in [6.45, 7) is 9.10. The van der Waals surface area contributed by atoms with Crippen molar-refractivity contribution in [3.63, 3.8) is 0 Å². The van der Waals surface area contributed by atoms with Gasteiger partial charge >= 0.3 is 0 Å². The highest BCUT2D eigenvalue weighted by atomic mass is 16.3. The topological polar surface area (TPSA) is 66.4 Å². The fourth-order valence-electron chi connectivity index (χ4n) is 6.67. The van der Waals surface area contributed by atoms with E-state index in [0.717, 1.165) is 44.1 Å². The minimum Gasteiger partial charge on any atom is -0.508 e. The Hall–Kier alpha value is -1.84. The molecule has 2 fully saturated rings. The monoisotopic (exact) mass is 411 g/mol. The second-order valence-corrected chi connectivity index (χ2v) is 10.6. The van der Waals surface area contributed by atoms with Gasteiger partial charge in [0.15, 0.2) is 0 Å². The Morgan fingerprint density at radius 1 is 1.30 bits per heavy atom. The SMILES string of the molecule is CCc1cc2c(cc1O)CC[C@@H]1[C@@H]2CC[C@]2(C)C(=O)[C@@H](CC(=O)NCC(C)C)C[C@@H]12. The molecule has 5 atom stereocenters. The standard InChI is InChI=1S/C26H37NO3/c1-5-16-10-21-17(12-23(16)28)6-7-20-19(21)8-9-26(4)22(20)11-18(25(26)30)13-24(29)27-14-15(2)3/h10,12,15,18-20,22,28H,5-9,11,13-14H2,1-4H3,(H,27,29)/t18-,19+,20-,22+,26+/m1/s1. The normalized spacial score (nSPS) is 32.5. The maximum absolute atomic E-state index is 13.4. The first-order chi connectivity index (χ1) is 14.2. The second kappa shape index (κ2) is 8.01. The summed E-state index contributed by atoms with van der Waals surface area (Å²) in [4.78, 5) is 25.8. The number of hydrogen-bond donors (Lipinski definition) is 2. The van der Waals surface area contributed by atoms with E-state index in [0.29, 0.717) is 48.2 Å². The Bertz CT molecular complexity index is 845. The lowest BCUT2D eigenvalue weighted by molar-refractivity contribution is -0.134. The number of fused-ring (bicyclic) bond motifs is 5. The number of hydrogen-bond acceptors (Lipinski definition) is 3. The van der Waals surface area contributed by atoms with Gasteiger partial charge in [-0.25, -0.2) is 0 Å². The zero-order valence-corrected chi connectivity index (χ0v) is 19.0. The third-order valence-corrected chi connectivity index (χ3v) is 8.31. The number of benzene rings is 1. The van der Waals surface area contributed by atoms with Crippen LogP contribution >= 0.6 is 0 Å². The molecule has 4 rings (SSSR count). The molecule has 0 heterocycles. The highest BCUT2D eigenvalue weighted by molar-refractivity contribution is 5.93. The van der Waals surface area contributed by atoms with Crippen LogP contribution < -0.4 is 5.32 Å². The lowest BCUT2D eigenvalue weighted by Crippen LogP contribution is -2.42. The molecule has 3 aliphatic rings. The van der Waals surface area contributed by atoms with Crippen LogP contribution in [-0.4, -0.2) is 23.3 Å². The molecule has 2 N–H and O–H groups in total. The minimum atomic E-state index is -0.272. The van der Waals surface area contributed by atoms with Crippen molar-refractivity contribution in [2.45, 2.75) is 78.6 Å². The Morgan fingerprint density at radius 2 is 2.07 bits per heavy atom. The quantitative estimate of drug-likeness (QED) is 0.733. The molecule has 30 heavy (non-hydrogen) atoms. The van der Waals surface area contributed by atoms with Gasteiger partial charge in [0.2, 0.25) is 5.91 Å². The number of ketones is 1. The van der Waals surface area contributed by atoms with Gasteiger partial charge in [-0.15, -0.1) is 0 Å². The average molecular weight is 412 g/mol. The Morgan fingerprint density at radius 3 is 2.77 bits per heavy atom. The third kappa shape index (κ3) is 3.56. The van der Waals surface area contributed by atoms with Gasteiger partial charge in [-0.2, -0.15) is 0 Å². The average Bonchev–Trinajstić information content (AvgIpc) is 2.96. The van der Waals surface area contributed by atoms with Crippen molar-refractivity contribution >= 4 is 11.7 Å². The maximum Gasteiger partial charge on any atom is 0.220 e. The molecule has 1 aromatic carbocycles. The maximum atomic E-state index is 13.4.